The highest BCUT2D eigenvalue weighted by atomic mass is 32.1. The highest BCUT2D eigenvalue weighted by Gasteiger charge is 2.17. The fraction of sp³-hybridized carbons (Fsp3) is 0.727. The van der Waals surface area contributed by atoms with Gasteiger partial charge in [0.25, 0.3) is 0 Å². The number of anilines is 1. The molecule has 1 aromatic rings. The molecule has 86 valence electrons. The van der Waals surface area contributed by atoms with E-state index in [1.807, 2.05) is 6.92 Å². The zero-order chi connectivity index (χ0) is 11.3. The van der Waals surface area contributed by atoms with Gasteiger partial charge in [-0.25, -0.2) is 4.98 Å². The summed E-state index contributed by atoms with van der Waals surface area (Å²) >= 11 is 1.66. The van der Waals surface area contributed by atoms with Crippen molar-refractivity contribution in [2.45, 2.75) is 39.7 Å². The molecule has 0 saturated carbocycles. The van der Waals surface area contributed by atoms with Gasteiger partial charge in [-0.15, -0.1) is 11.3 Å². The van der Waals surface area contributed by atoms with Gasteiger partial charge in [0.1, 0.15) is 0 Å². The molecule has 3 nitrogen and oxygen atoms in total. The molecule has 0 saturated heterocycles. The standard InChI is InChI=1S/C11H20N2OS/c1-4-10(5-2)13(6-7-14)11-12-9(3)8-15-11/h8,10,14H,4-7H2,1-3H3. The van der Waals surface area contributed by atoms with Crippen molar-refractivity contribution >= 4 is 16.5 Å². The van der Waals surface area contributed by atoms with Gasteiger partial charge in [-0.1, -0.05) is 13.8 Å². The summed E-state index contributed by atoms with van der Waals surface area (Å²) in [5.74, 6) is 0. The maximum atomic E-state index is 9.08. The van der Waals surface area contributed by atoms with Crippen molar-refractivity contribution in [3.8, 4) is 0 Å². The molecule has 1 heterocycles. The summed E-state index contributed by atoms with van der Waals surface area (Å²) in [5.41, 5.74) is 1.06. The van der Waals surface area contributed by atoms with Gasteiger partial charge in [-0.2, -0.15) is 0 Å². The van der Waals surface area contributed by atoms with Crippen LogP contribution in [0.2, 0.25) is 0 Å². The summed E-state index contributed by atoms with van der Waals surface area (Å²) in [6, 6.07) is 0.489. The largest absolute Gasteiger partial charge is 0.395 e. The van der Waals surface area contributed by atoms with Gasteiger partial charge < -0.3 is 10.0 Å². The van der Waals surface area contributed by atoms with E-state index in [0.29, 0.717) is 12.6 Å². The maximum Gasteiger partial charge on any atom is 0.185 e. The van der Waals surface area contributed by atoms with Crippen LogP contribution in [-0.4, -0.2) is 29.3 Å². The van der Waals surface area contributed by atoms with Crippen LogP contribution >= 0.6 is 11.3 Å². The monoisotopic (exact) mass is 228 g/mol. The zero-order valence-electron chi connectivity index (χ0n) is 9.73. The maximum absolute atomic E-state index is 9.08. The molecule has 0 amide bonds. The van der Waals surface area contributed by atoms with Crippen molar-refractivity contribution in [1.82, 2.24) is 4.98 Å². The number of rotatable bonds is 6. The van der Waals surface area contributed by atoms with E-state index in [0.717, 1.165) is 23.7 Å². The van der Waals surface area contributed by atoms with Crippen molar-refractivity contribution in [2.24, 2.45) is 0 Å². The van der Waals surface area contributed by atoms with Crippen molar-refractivity contribution in [2.75, 3.05) is 18.1 Å². The second kappa shape index (κ2) is 6.08. The first kappa shape index (κ1) is 12.5. The summed E-state index contributed by atoms with van der Waals surface area (Å²) in [5, 5.41) is 12.2. The Morgan fingerprint density at radius 3 is 2.53 bits per heavy atom. The number of nitrogens with zero attached hydrogens (tertiary/aromatic N) is 2. The lowest BCUT2D eigenvalue weighted by Gasteiger charge is -2.29. The van der Waals surface area contributed by atoms with Crippen LogP contribution in [0.4, 0.5) is 5.13 Å². The zero-order valence-corrected chi connectivity index (χ0v) is 10.5. The summed E-state index contributed by atoms with van der Waals surface area (Å²) in [4.78, 5) is 6.70. The fourth-order valence-corrected chi connectivity index (χ4v) is 2.65. The van der Waals surface area contributed by atoms with E-state index in [1.165, 1.54) is 0 Å². The summed E-state index contributed by atoms with van der Waals surface area (Å²) in [7, 11) is 0. The summed E-state index contributed by atoms with van der Waals surface area (Å²) in [6.45, 7) is 7.23. The van der Waals surface area contributed by atoms with Crippen molar-refractivity contribution in [3.63, 3.8) is 0 Å². The molecule has 0 radical (unpaired) electrons. The lowest BCUT2D eigenvalue weighted by atomic mass is 10.1. The molecule has 0 fully saturated rings. The quantitative estimate of drug-likeness (QED) is 0.812. The number of aromatic nitrogens is 1. The Morgan fingerprint density at radius 2 is 2.13 bits per heavy atom. The molecule has 0 aliphatic heterocycles. The van der Waals surface area contributed by atoms with Gasteiger partial charge in [0.05, 0.1) is 12.3 Å². The number of hydrogen-bond donors (Lipinski definition) is 1. The molecule has 1 aromatic heterocycles. The highest BCUT2D eigenvalue weighted by molar-refractivity contribution is 7.13. The third-order valence-corrected chi connectivity index (χ3v) is 3.57. The van der Waals surface area contributed by atoms with Gasteiger partial charge in [-0.3, -0.25) is 0 Å². The van der Waals surface area contributed by atoms with Crippen LogP contribution in [0.5, 0.6) is 0 Å². The van der Waals surface area contributed by atoms with E-state index in [9.17, 15) is 0 Å². The van der Waals surface area contributed by atoms with E-state index in [4.69, 9.17) is 5.11 Å². The molecule has 0 aliphatic rings. The molecule has 0 atom stereocenters. The second-order valence-electron chi connectivity index (χ2n) is 3.66. The third kappa shape index (κ3) is 3.18. The van der Waals surface area contributed by atoms with E-state index >= 15 is 0 Å². The predicted molar refractivity (Wildman–Crippen MR) is 65.7 cm³/mol. The highest BCUT2D eigenvalue weighted by Crippen LogP contribution is 2.24. The van der Waals surface area contributed by atoms with Crippen LogP contribution in [0.3, 0.4) is 0 Å². The molecule has 0 aliphatic carbocycles. The predicted octanol–water partition coefficient (Wildman–Crippen LogP) is 2.44. The smallest absolute Gasteiger partial charge is 0.185 e. The average molecular weight is 228 g/mol. The molecule has 4 heteroatoms. The van der Waals surface area contributed by atoms with Gasteiger partial charge in [-0.05, 0) is 19.8 Å². The van der Waals surface area contributed by atoms with Crippen LogP contribution in [0.25, 0.3) is 0 Å². The molecular weight excluding hydrogens is 208 g/mol. The Hall–Kier alpha value is -0.610. The van der Waals surface area contributed by atoms with Crippen molar-refractivity contribution in [1.29, 1.82) is 0 Å². The Bertz CT molecular complexity index is 284. The average Bonchev–Trinajstić information content (AvgIpc) is 2.65. The number of aliphatic hydroxyl groups is 1. The first-order valence-corrected chi connectivity index (χ1v) is 6.40. The molecular formula is C11H20N2OS. The number of aliphatic hydroxyl groups excluding tert-OH is 1. The van der Waals surface area contributed by atoms with Crippen LogP contribution in [-0.2, 0) is 0 Å². The number of hydrogen-bond acceptors (Lipinski definition) is 4. The van der Waals surface area contributed by atoms with E-state index in [1.54, 1.807) is 11.3 Å². The van der Waals surface area contributed by atoms with Crippen LogP contribution in [0, 0.1) is 6.92 Å². The molecule has 1 N–H and O–H groups in total. The topological polar surface area (TPSA) is 36.4 Å². The van der Waals surface area contributed by atoms with Crippen LogP contribution in [0.15, 0.2) is 5.38 Å². The number of aryl methyl sites for hydroxylation is 1. The minimum Gasteiger partial charge on any atom is -0.395 e. The number of thiazole rings is 1. The van der Waals surface area contributed by atoms with Gasteiger partial charge in [0.15, 0.2) is 5.13 Å². The fourth-order valence-electron chi connectivity index (χ4n) is 1.75. The Labute approximate surface area is 95.8 Å². The van der Waals surface area contributed by atoms with Crippen LogP contribution in [0.1, 0.15) is 32.4 Å². The van der Waals surface area contributed by atoms with Crippen molar-refractivity contribution < 1.29 is 5.11 Å². The van der Waals surface area contributed by atoms with Gasteiger partial charge in [0.2, 0.25) is 0 Å². The lowest BCUT2D eigenvalue weighted by Crippen LogP contribution is -2.36. The Kier molecular flexibility index (Phi) is 5.05. The first-order chi connectivity index (χ1) is 7.22. The first-order valence-electron chi connectivity index (χ1n) is 5.52. The minimum atomic E-state index is 0.190. The molecule has 0 aromatic carbocycles. The van der Waals surface area contributed by atoms with Crippen LogP contribution < -0.4 is 4.90 Å². The summed E-state index contributed by atoms with van der Waals surface area (Å²) < 4.78 is 0. The molecule has 1 rings (SSSR count). The Morgan fingerprint density at radius 1 is 1.47 bits per heavy atom. The Balaban J connectivity index is 2.81. The molecule has 15 heavy (non-hydrogen) atoms. The molecule has 0 bridgehead atoms. The third-order valence-electron chi connectivity index (χ3n) is 2.58. The summed E-state index contributed by atoms with van der Waals surface area (Å²) in [6.07, 6.45) is 2.18. The van der Waals surface area contributed by atoms with E-state index in [-0.39, 0.29) is 6.61 Å². The molecule has 0 spiro atoms. The normalized spacial score (nSPS) is 11.0. The van der Waals surface area contributed by atoms with E-state index in [2.05, 4.69) is 29.1 Å². The van der Waals surface area contributed by atoms with Gasteiger partial charge in [0, 0.05) is 18.0 Å². The lowest BCUT2D eigenvalue weighted by molar-refractivity contribution is 0.296. The second-order valence-corrected chi connectivity index (χ2v) is 4.50. The van der Waals surface area contributed by atoms with E-state index < -0.39 is 0 Å². The molecule has 0 unspecified atom stereocenters. The minimum absolute atomic E-state index is 0.190. The SMILES string of the molecule is CCC(CC)N(CCO)c1nc(C)cs1. The van der Waals surface area contributed by atoms with Gasteiger partial charge >= 0.3 is 0 Å². The van der Waals surface area contributed by atoms with Crippen molar-refractivity contribution in [3.05, 3.63) is 11.1 Å².